The van der Waals surface area contributed by atoms with Crippen LogP contribution in [0.25, 0.3) is 0 Å². The Morgan fingerprint density at radius 1 is 1.57 bits per heavy atom. The molecule has 0 amide bonds. The van der Waals surface area contributed by atoms with Crippen LogP contribution < -0.4 is 5.32 Å². The van der Waals surface area contributed by atoms with Gasteiger partial charge in [-0.15, -0.1) is 11.3 Å². The van der Waals surface area contributed by atoms with Gasteiger partial charge in [0.05, 0.1) is 6.61 Å². The summed E-state index contributed by atoms with van der Waals surface area (Å²) in [6.45, 7) is 5.16. The van der Waals surface area contributed by atoms with Crippen molar-refractivity contribution < 1.29 is 4.74 Å². The predicted molar refractivity (Wildman–Crippen MR) is 61.8 cm³/mol. The molecular weight excluding hydrogens is 194 g/mol. The van der Waals surface area contributed by atoms with E-state index in [4.69, 9.17) is 4.74 Å². The summed E-state index contributed by atoms with van der Waals surface area (Å²) in [5, 5.41) is 5.67. The van der Waals surface area contributed by atoms with Crippen LogP contribution in [0.4, 0.5) is 0 Å². The van der Waals surface area contributed by atoms with Gasteiger partial charge < -0.3 is 10.1 Å². The van der Waals surface area contributed by atoms with Crippen LogP contribution in [0, 0.1) is 0 Å². The van der Waals surface area contributed by atoms with Crippen molar-refractivity contribution in [1.29, 1.82) is 0 Å². The first-order chi connectivity index (χ1) is 6.77. The Balaban J connectivity index is 2.42. The molecule has 0 aromatic carbocycles. The number of rotatable bonds is 6. The largest absolute Gasteiger partial charge is 0.383 e. The third-order valence-corrected chi connectivity index (χ3v) is 3.37. The highest BCUT2D eigenvalue weighted by atomic mass is 32.1. The topological polar surface area (TPSA) is 21.3 Å². The summed E-state index contributed by atoms with van der Waals surface area (Å²) in [6.07, 6.45) is 1.10. The molecule has 80 valence electrons. The molecule has 2 unspecified atom stereocenters. The van der Waals surface area contributed by atoms with Crippen LogP contribution in [0.2, 0.25) is 0 Å². The second-order valence-electron chi connectivity index (χ2n) is 3.46. The number of hydrogen-bond donors (Lipinski definition) is 1. The zero-order valence-corrected chi connectivity index (χ0v) is 9.93. The number of methoxy groups -OCH3 is 1. The summed E-state index contributed by atoms with van der Waals surface area (Å²) in [4.78, 5) is 1.39. The van der Waals surface area contributed by atoms with E-state index in [-0.39, 0.29) is 0 Å². The Morgan fingerprint density at radius 2 is 2.36 bits per heavy atom. The van der Waals surface area contributed by atoms with E-state index in [1.165, 1.54) is 4.88 Å². The molecule has 0 fully saturated rings. The van der Waals surface area contributed by atoms with Gasteiger partial charge in [-0.3, -0.25) is 0 Å². The molecule has 0 spiro atoms. The molecule has 2 nitrogen and oxygen atoms in total. The Bertz CT molecular complexity index is 235. The van der Waals surface area contributed by atoms with Gasteiger partial charge in [-0.1, -0.05) is 13.0 Å². The molecule has 0 aliphatic heterocycles. The van der Waals surface area contributed by atoms with E-state index in [0.29, 0.717) is 12.1 Å². The van der Waals surface area contributed by atoms with E-state index < -0.39 is 0 Å². The molecule has 14 heavy (non-hydrogen) atoms. The van der Waals surface area contributed by atoms with Crippen LogP contribution in [0.3, 0.4) is 0 Å². The molecule has 1 aromatic heterocycles. The fraction of sp³-hybridized carbons (Fsp3) is 0.636. The highest BCUT2D eigenvalue weighted by Gasteiger charge is 2.11. The van der Waals surface area contributed by atoms with Crippen LogP contribution in [0.5, 0.6) is 0 Å². The molecule has 0 aliphatic rings. The second-order valence-corrected chi connectivity index (χ2v) is 4.44. The molecule has 2 atom stereocenters. The number of thiophene rings is 1. The van der Waals surface area contributed by atoms with Crippen molar-refractivity contribution in [2.75, 3.05) is 13.7 Å². The van der Waals surface area contributed by atoms with Gasteiger partial charge in [0.15, 0.2) is 0 Å². The molecule has 0 saturated carbocycles. The zero-order chi connectivity index (χ0) is 10.4. The average Bonchev–Trinajstić information content (AvgIpc) is 2.69. The molecule has 0 bridgehead atoms. The van der Waals surface area contributed by atoms with Crippen LogP contribution in [0.1, 0.15) is 31.2 Å². The molecule has 3 heteroatoms. The van der Waals surface area contributed by atoms with Crippen LogP contribution in [-0.2, 0) is 4.74 Å². The van der Waals surface area contributed by atoms with E-state index in [1.807, 2.05) is 0 Å². The third kappa shape index (κ3) is 3.40. The van der Waals surface area contributed by atoms with Crippen molar-refractivity contribution in [2.24, 2.45) is 0 Å². The van der Waals surface area contributed by atoms with E-state index in [0.717, 1.165) is 13.0 Å². The molecule has 1 rings (SSSR count). The molecule has 1 N–H and O–H groups in total. The van der Waals surface area contributed by atoms with Gasteiger partial charge in [-0.25, -0.2) is 0 Å². The fourth-order valence-corrected chi connectivity index (χ4v) is 2.20. The summed E-state index contributed by atoms with van der Waals surface area (Å²) in [5.41, 5.74) is 0. The van der Waals surface area contributed by atoms with Crippen molar-refractivity contribution >= 4 is 11.3 Å². The second kappa shape index (κ2) is 6.17. The Labute approximate surface area is 90.3 Å². The Hall–Kier alpha value is -0.380. The van der Waals surface area contributed by atoms with Gasteiger partial charge in [0.1, 0.15) is 0 Å². The minimum Gasteiger partial charge on any atom is -0.383 e. The van der Waals surface area contributed by atoms with E-state index in [9.17, 15) is 0 Å². The summed E-state index contributed by atoms with van der Waals surface area (Å²) >= 11 is 1.80. The molecule has 0 saturated heterocycles. The summed E-state index contributed by atoms with van der Waals surface area (Å²) < 4.78 is 5.15. The standard InChI is InChI=1S/C11H19NOS/c1-4-10(8-13-3)12-9(2)11-6-5-7-14-11/h5-7,9-10,12H,4,8H2,1-3H3. The molecule has 1 aromatic rings. The van der Waals surface area contributed by atoms with E-state index >= 15 is 0 Å². The Kier molecular flexibility index (Phi) is 5.15. The van der Waals surface area contributed by atoms with E-state index in [2.05, 4.69) is 36.7 Å². The summed E-state index contributed by atoms with van der Waals surface area (Å²) in [7, 11) is 1.75. The quantitative estimate of drug-likeness (QED) is 0.784. The maximum absolute atomic E-state index is 5.15. The monoisotopic (exact) mass is 213 g/mol. The molecule has 0 radical (unpaired) electrons. The highest BCUT2D eigenvalue weighted by molar-refractivity contribution is 7.10. The first-order valence-electron chi connectivity index (χ1n) is 5.06. The molecule has 1 heterocycles. The highest BCUT2D eigenvalue weighted by Crippen LogP contribution is 2.18. The van der Waals surface area contributed by atoms with Gasteiger partial charge in [-0.05, 0) is 24.8 Å². The van der Waals surface area contributed by atoms with Gasteiger partial charge in [0.25, 0.3) is 0 Å². The smallest absolute Gasteiger partial charge is 0.0615 e. The van der Waals surface area contributed by atoms with Crippen LogP contribution in [0.15, 0.2) is 17.5 Å². The van der Waals surface area contributed by atoms with Gasteiger partial charge in [0.2, 0.25) is 0 Å². The lowest BCUT2D eigenvalue weighted by Crippen LogP contribution is -2.34. The number of nitrogens with one attached hydrogen (secondary N) is 1. The molecular formula is C11H19NOS. The first kappa shape index (κ1) is 11.7. The minimum atomic E-state index is 0.426. The van der Waals surface area contributed by atoms with Crippen LogP contribution in [-0.4, -0.2) is 19.8 Å². The summed E-state index contributed by atoms with van der Waals surface area (Å²) in [6, 6.07) is 5.14. The summed E-state index contributed by atoms with van der Waals surface area (Å²) in [5.74, 6) is 0. The van der Waals surface area contributed by atoms with Gasteiger partial charge in [0, 0.05) is 24.1 Å². The first-order valence-corrected chi connectivity index (χ1v) is 5.94. The average molecular weight is 213 g/mol. The van der Waals surface area contributed by atoms with Crippen molar-refractivity contribution in [3.63, 3.8) is 0 Å². The number of hydrogen-bond acceptors (Lipinski definition) is 3. The van der Waals surface area contributed by atoms with Crippen molar-refractivity contribution in [3.05, 3.63) is 22.4 Å². The van der Waals surface area contributed by atoms with Gasteiger partial charge >= 0.3 is 0 Å². The number of ether oxygens (including phenoxy) is 1. The van der Waals surface area contributed by atoms with Crippen molar-refractivity contribution in [2.45, 2.75) is 32.4 Å². The predicted octanol–water partition coefficient (Wildman–Crippen LogP) is 2.82. The lowest BCUT2D eigenvalue weighted by atomic mass is 10.2. The maximum Gasteiger partial charge on any atom is 0.0615 e. The zero-order valence-electron chi connectivity index (χ0n) is 9.12. The fourth-order valence-electron chi connectivity index (χ4n) is 1.46. The Morgan fingerprint density at radius 3 is 2.86 bits per heavy atom. The normalized spacial score (nSPS) is 15.4. The lowest BCUT2D eigenvalue weighted by Gasteiger charge is -2.20. The minimum absolute atomic E-state index is 0.426. The SMILES string of the molecule is CCC(COC)NC(C)c1cccs1. The van der Waals surface area contributed by atoms with E-state index in [1.54, 1.807) is 18.4 Å². The van der Waals surface area contributed by atoms with Crippen molar-refractivity contribution in [1.82, 2.24) is 5.32 Å². The lowest BCUT2D eigenvalue weighted by molar-refractivity contribution is 0.160. The van der Waals surface area contributed by atoms with Gasteiger partial charge in [-0.2, -0.15) is 0 Å². The maximum atomic E-state index is 5.15. The third-order valence-electron chi connectivity index (χ3n) is 2.32. The molecule has 0 aliphatic carbocycles. The van der Waals surface area contributed by atoms with Crippen LogP contribution >= 0.6 is 11.3 Å². The van der Waals surface area contributed by atoms with Crippen molar-refractivity contribution in [3.8, 4) is 0 Å².